The molecule has 4 aromatic carbocycles. The van der Waals surface area contributed by atoms with Gasteiger partial charge in [0, 0.05) is 23.3 Å². The molecule has 0 bridgehead atoms. The lowest BCUT2D eigenvalue weighted by Gasteiger charge is -2.21. The Kier molecular flexibility index (Phi) is 10.2. The van der Waals surface area contributed by atoms with E-state index in [1.54, 1.807) is 0 Å². The Labute approximate surface area is 258 Å². The zero-order valence-corrected chi connectivity index (χ0v) is 24.9. The summed E-state index contributed by atoms with van der Waals surface area (Å²) in [4.78, 5) is 19.1. The summed E-state index contributed by atoms with van der Waals surface area (Å²) in [6.45, 7) is 3.10. The number of fused-ring (bicyclic) bond motifs is 2. The molecule has 1 atom stereocenters. The molecule has 0 spiro atoms. The first-order chi connectivity index (χ1) is 19.7. The number of hydrogen-bond donors (Lipinski definition) is 1. The first kappa shape index (κ1) is 30.6. The van der Waals surface area contributed by atoms with Crippen molar-refractivity contribution in [3.8, 4) is 17.0 Å². The van der Waals surface area contributed by atoms with Crippen molar-refractivity contribution < 1.29 is 9.53 Å². The third kappa shape index (κ3) is 6.43. The second kappa shape index (κ2) is 14.0. The average Bonchev–Trinajstić information content (AvgIpc) is 3.43. The second-order valence-electron chi connectivity index (χ2n) is 9.87. The highest BCUT2D eigenvalue weighted by Crippen LogP contribution is 2.37. The maximum atomic E-state index is 14.1. The first-order valence-corrected chi connectivity index (χ1v) is 13.7. The van der Waals surface area contributed by atoms with E-state index in [0.29, 0.717) is 30.2 Å². The minimum atomic E-state index is -0.173. The number of nitrogens with zero attached hydrogens (tertiary/aromatic N) is 2. The maximum absolute atomic E-state index is 14.1. The van der Waals surface area contributed by atoms with Crippen molar-refractivity contribution in [1.29, 1.82) is 0 Å². The van der Waals surface area contributed by atoms with Crippen molar-refractivity contribution in [2.45, 2.75) is 25.9 Å². The van der Waals surface area contributed by atoms with E-state index in [1.165, 1.54) is 10.8 Å². The summed E-state index contributed by atoms with van der Waals surface area (Å²) in [6, 6.07) is 36.0. The number of carbonyl (C=O) groups excluding carboxylic acids is 1. The van der Waals surface area contributed by atoms with Crippen molar-refractivity contribution in [2.75, 3.05) is 6.61 Å². The van der Waals surface area contributed by atoms with Gasteiger partial charge in [-0.05, 0) is 28.8 Å². The molecule has 0 aliphatic carbocycles. The number of halogens is 2. The number of hydrogen-bond acceptors (Lipinski definition) is 3. The van der Waals surface area contributed by atoms with E-state index in [-0.39, 0.29) is 36.8 Å². The zero-order valence-electron chi connectivity index (χ0n) is 23.3. The highest BCUT2D eigenvalue weighted by molar-refractivity contribution is 6.10. The van der Waals surface area contributed by atoms with Gasteiger partial charge in [0.1, 0.15) is 12.3 Å². The summed E-state index contributed by atoms with van der Waals surface area (Å²) < 4.78 is 8.66. The van der Waals surface area contributed by atoms with E-state index in [4.69, 9.17) is 9.72 Å². The van der Waals surface area contributed by atoms with Crippen molar-refractivity contribution in [3.05, 3.63) is 133 Å². The van der Waals surface area contributed by atoms with E-state index >= 15 is 0 Å². The molecular weight excluding hydrogens is 565 g/mol. The molecule has 7 heteroatoms. The van der Waals surface area contributed by atoms with Gasteiger partial charge in [0.2, 0.25) is 0 Å². The molecule has 0 fully saturated rings. The average molecular weight is 599 g/mol. The fraction of sp³-hybridized carbons (Fsp3) is 0.143. The monoisotopic (exact) mass is 597 g/mol. The number of rotatable bonds is 9. The Bertz CT molecular complexity index is 1740. The van der Waals surface area contributed by atoms with Crippen LogP contribution >= 0.6 is 24.8 Å². The normalized spacial score (nSPS) is 11.4. The summed E-state index contributed by atoms with van der Waals surface area (Å²) in [6.07, 6.45) is 5.01. The highest BCUT2D eigenvalue weighted by Gasteiger charge is 2.25. The second-order valence-corrected chi connectivity index (χ2v) is 9.87. The van der Waals surface area contributed by atoms with Crippen LogP contribution in [0.2, 0.25) is 0 Å². The number of aromatic nitrogens is 2. The fourth-order valence-electron chi connectivity index (χ4n) is 5.21. The van der Waals surface area contributed by atoms with Crippen molar-refractivity contribution in [1.82, 2.24) is 14.9 Å². The number of pyridine rings is 1. The van der Waals surface area contributed by atoms with Crippen LogP contribution in [0, 0.1) is 0 Å². The van der Waals surface area contributed by atoms with Gasteiger partial charge in [0.05, 0.1) is 23.7 Å². The smallest absolute Gasteiger partial charge is 0.256 e. The minimum Gasteiger partial charge on any atom is -0.489 e. The first-order valence-electron chi connectivity index (χ1n) is 13.7. The topological polar surface area (TPSA) is 56.1 Å². The van der Waals surface area contributed by atoms with Crippen LogP contribution < -0.4 is 10.1 Å². The molecular formula is C35H33Cl2N3O2. The van der Waals surface area contributed by atoms with Gasteiger partial charge in [0.25, 0.3) is 5.91 Å². The Morgan fingerprint density at radius 3 is 2.07 bits per heavy atom. The number of amides is 1. The van der Waals surface area contributed by atoms with Crippen LogP contribution in [0.25, 0.3) is 32.9 Å². The molecule has 0 unspecified atom stereocenters. The molecule has 1 N–H and O–H groups in total. The standard InChI is InChI=1S/C35H31N3O2.2ClH/c1-2-30(25-13-5-3-6-14-25)37-35(39)32-29-19-11-12-20-31(29)36-33(26-15-7-4-8-16-26)34(32)40-22-21-38-23-27-17-9-10-18-28(27)24-38;;/h3-20,23-24,30H,2,21-22H2,1H3,(H,37,39);2*1H/t30-;;/m0../s1. The molecule has 5 nitrogen and oxygen atoms in total. The fourth-order valence-corrected chi connectivity index (χ4v) is 5.21. The molecule has 6 aromatic rings. The summed E-state index contributed by atoms with van der Waals surface area (Å²) >= 11 is 0. The van der Waals surface area contributed by atoms with Crippen LogP contribution in [0.1, 0.15) is 35.3 Å². The Morgan fingerprint density at radius 1 is 0.810 bits per heavy atom. The van der Waals surface area contributed by atoms with Crippen LogP contribution in [-0.2, 0) is 6.54 Å². The molecule has 6 rings (SSSR count). The van der Waals surface area contributed by atoms with E-state index in [2.05, 4.69) is 41.3 Å². The number of nitrogens with one attached hydrogen (secondary N) is 1. The molecule has 2 heterocycles. The van der Waals surface area contributed by atoms with Crippen LogP contribution in [0.4, 0.5) is 0 Å². The van der Waals surface area contributed by atoms with Crippen LogP contribution in [-0.4, -0.2) is 22.1 Å². The summed E-state index contributed by atoms with van der Waals surface area (Å²) in [7, 11) is 0. The zero-order chi connectivity index (χ0) is 27.3. The molecule has 2 aromatic heterocycles. The van der Waals surface area contributed by atoms with Crippen LogP contribution in [0.15, 0.2) is 122 Å². The van der Waals surface area contributed by atoms with E-state index in [0.717, 1.165) is 28.5 Å². The van der Waals surface area contributed by atoms with Gasteiger partial charge in [-0.15, -0.1) is 24.8 Å². The van der Waals surface area contributed by atoms with Gasteiger partial charge >= 0.3 is 0 Å². The Hall–Kier alpha value is -4.32. The van der Waals surface area contributed by atoms with Gasteiger partial charge < -0.3 is 14.6 Å². The quantitative estimate of drug-likeness (QED) is 0.181. The van der Waals surface area contributed by atoms with E-state index in [9.17, 15) is 4.79 Å². The maximum Gasteiger partial charge on any atom is 0.256 e. The number of ether oxygens (including phenoxy) is 1. The summed E-state index contributed by atoms with van der Waals surface area (Å²) in [5, 5.41) is 6.43. The largest absolute Gasteiger partial charge is 0.489 e. The molecule has 42 heavy (non-hydrogen) atoms. The third-order valence-electron chi connectivity index (χ3n) is 7.24. The molecule has 214 valence electrons. The van der Waals surface area contributed by atoms with E-state index < -0.39 is 0 Å². The molecule has 0 saturated carbocycles. The number of benzene rings is 4. The van der Waals surface area contributed by atoms with E-state index in [1.807, 2.05) is 97.1 Å². The molecule has 1 amide bonds. The summed E-state index contributed by atoms with van der Waals surface area (Å²) in [5.41, 5.74) is 3.90. The lowest BCUT2D eigenvalue weighted by molar-refractivity contribution is 0.0933. The number of para-hydroxylation sites is 1. The lowest BCUT2D eigenvalue weighted by Crippen LogP contribution is -2.29. The predicted molar refractivity (Wildman–Crippen MR) is 176 cm³/mol. The van der Waals surface area contributed by atoms with Crippen molar-refractivity contribution in [2.24, 2.45) is 0 Å². The highest BCUT2D eigenvalue weighted by atomic mass is 35.5. The van der Waals surface area contributed by atoms with Crippen molar-refractivity contribution >= 4 is 52.4 Å². The van der Waals surface area contributed by atoms with Gasteiger partial charge in [-0.3, -0.25) is 4.79 Å². The molecule has 0 aliphatic heterocycles. The van der Waals surface area contributed by atoms with Crippen LogP contribution in [0.3, 0.4) is 0 Å². The van der Waals surface area contributed by atoms with Gasteiger partial charge in [-0.2, -0.15) is 0 Å². The molecule has 0 aliphatic rings. The van der Waals surface area contributed by atoms with Gasteiger partial charge in [0.15, 0.2) is 5.75 Å². The lowest BCUT2D eigenvalue weighted by atomic mass is 10.00. The van der Waals surface area contributed by atoms with Gasteiger partial charge in [-0.1, -0.05) is 110 Å². The summed E-state index contributed by atoms with van der Waals surface area (Å²) in [5.74, 6) is 0.329. The van der Waals surface area contributed by atoms with Gasteiger partial charge in [-0.25, -0.2) is 4.98 Å². The minimum absolute atomic E-state index is 0. The number of carbonyl (C=O) groups is 1. The van der Waals surface area contributed by atoms with Crippen molar-refractivity contribution in [3.63, 3.8) is 0 Å². The Balaban J connectivity index is 0.00000202. The van der Waals surface area contributed by atoms with Crippen LogP contribution in [0.5, 0.6) is 5.75 Å². The molecule has 0 saturated heterocycles. The molecule has 0 radical (unpaired) electrons. The SMILES string of the molecule is CC[C@H](NC(=O)c1c(OCCn2cc3ccccc3c2)c(-c2ccccc2)nc2ccccc12)c1ccccc1.Cl.Cl. The Morgan fingerprint density at radius 2 is 1.40 bits per heavy atom. The third-order valence-corrected chi connectivity index (χ3v) is 7.24. The predicted octanol–water partition coefficient (Wildman–Crippen LogP) is 8.66.